The van der Waals surface area contributed by atoms with E-state index in [1.807, 2.05) is 12.1 Å². The second kappa shape index (κ2) is 1.69. The maximum absolute atomic E-state index is 10.8. The molecule has 2 aliphatic rings. The Labute approximate surface area is 70.0 Å². The van der Waals surface area contributed by atoms with E-state index in [0.29, 0.717) is 0 Å². The molecule has 1 aromatic carbocycles. The maximum atomic E-state index is 10.8. The van der Waals surface area contributed by atoms with Crippen molar-refractivity contribution in [2.24, 2.45) is 5.41 Å². The predicted octanol–water partition coefficient (Wildman–Crippen LogP) is 0.220. The molecular formula is C11H8O. The molecule has 0 aromatic heterocycles. The van der Waals surface area contributed by atoms with Crippen LogP contribution in [0.15, 0.2) is 24.3 Å². The van der Waals surface area contributed by atoms with Gasteiger partial charge in [-0.3, -0.25) is 0 Å². The fourth-order valence-corrected chi connectivity index (χ4v) is 2.05. The van der Waals surface area contributed by atoms with E-state index in [1.54, 1.807) is 0 Å². The highest BCUT2D eigenvalue weighted by Gasteiger charge is 2.49. The summed E-state index contributed by atoms with van der Waals surface area (Å²) in [5.74, 6) is 0. The largest absolute Gasteiger partial charge is 0.302 e. The molecule has 1 fully saturated rings. The van der Waals surface area contributed by atoms with Crippen LogP contribution < -0.4 is 10.4 Å². The summed E-state index contributed by atoms with van der Waals surface area (Å²) >= 11 is 0. The Kier molecular flexibility index (Phi) is 0.868. The number of aldehydes is 1. The summed E-state index contributed by atoms with van der Waals surface area (Å²) in [5, 5.41) is 2.51. The lowest BCUT2D eigenvalue weighted by molar-refractivity contribution is -0.109. The highest BCUT2D eigenvalue weighted by molar-refractivity contribution is 6.00. The molecule has 1 unspecified atom stereocenters. The third-order valence-corrected chi connectivity index (χ3v) is 2.82. The lowest BCUT2D eigenvalue weighted by Gasteiger charge is -1.90. The first-order chi connectivity index (χ1) is 5.86. The molecule has 58 valence electrons. The second-order valence-corrected chi connectivity index (χ2v) is 3.55. The van der Waals surface area contributed by atoms with E-state index in [1.165, 1.54) is 16.0 Å². The molecule has 0 N–H and O–H groups in total. The zero-order chi connectivity index (χ0) is 8.18. The lowest BCUT2D eigenvalue weighted by Crippen LogP contribution is -2.21. The highest BCUT2D eigenvalue weighted by Crippen LogP contribution is 2.53. The van der Waals surface area contributed by atoms with E-state index in [2.05, 4.69) is 18.2 Å². The molecule has 1 aromatic rings. The summed E-state index contributed by atoms with van der Waals surface area (Å²) in [7, 11) is 0. The summed E-state index contributed by atoms with van der Waals surface area (Å²) in [6.45, 7) is 0. The van der Waals surface area contributed by atoms with Crippen LogP contribution in [0.3, 0.4) is 0 Å². The van der Waals surface area contributed by atoms with E-state index in [9.17, 15) is 4.79 Å². The van der Waals surface area contributed by atoms with Crippen molar-refractivity contribution >= 4 is 17.9 Å². The van der Waals surface area contributed by atoms with Gasteiger partial charge in [0.05, 0.1) is 5.41 Å². The third kappa shape index (κ3) is 0.536. The fourth-order valence-electron chi connectivity index (χ4n) is 2.05. The minimum atomic E-state index is -0.177. The Morgan fingerprint density at radius 3 is 2.92 bits per heavy atom. The second-order valence-electron chi connectivity index (χ2n) is 3.55. The Bertz CT molecular complexity index is 484. The first-order valence-electron chi connectivity index (χ1n) is 4.14. The maximum Gasteiger partial charge on any atom is 0.134 e. The van der Waals surface area contributed by atoms with Crippen molar-refractivity contribution in [1.29, 1.82) is 0 Å². The smallest absolute Gasteiger partial charge is 0.134 e. The molecule has 1 heteroatoms. The van der Waals surface area contributed by atoms with Crippen LogP contribution in [0.25, 0.3) is 11.6 Å². The minimum Gasteiger partial charge on any atom is -0.302 e. The van der Waals surface area contributed by atoms with E-state index >= 15 is 0 Å². The predicted molar refractivity (Wildman–Crippen MR) is 46.7 cm³/mol. The molecule has 0 amide bonds. The van der Waals surface area contributed by atoms with Gasteiger partial charge in [0.25, 0.3) is 0 Å². The minimum absolute atomic E-state index is 0.177. The normalized spacial score (nSPS) is 28.8. The summed E-state index contributed by atoms with van der Waals surface area (Å²) in [4.78, 5) is 10.8. The van der Waals surface area contributed by atoms with Crippen LogP contribution in [0.4, 0.5) is 0 Å². The van der Waals surface area contributed by atoms with Gasteiger partial charge in [-0.1, -0.05) is 30.3 Å². The third-order valence-electron chi connectivity index (χ3n) is 2.82. The molecule has 1 nitrogen and oxygen atoms in total. The van der Waals surface area contributed by atoms with Crippen LogP contribution in [0, 0.1) is 5.41 Å². The van der Waals surface area contributed by atoms with Gasteiger partial charge in [-0.05, 0) is 22.4 Å². The molecular weight excluding hydrogens is 148 g/mol. The molecule has 0 radical (unpaired) electrons. The number of fused-ring (bicyclic) bond motifs is 2. The summed E-state index contributed by atoms with van der Waals surface area (Å²) < 4.78 is 0. The van der Waals surface area contributed by atoms with Crippen molar-refractivity contribution in [3.8, 4) is 0 Å². The lowest BCUT2D eigenvalue weighted by atomic mass is 10.1. The molecule has 0 bridgehead atoms. The molecule has 0 spiro atoms. The van der Waals surface area contributed by atoms with Gasteiger partial charge in [-0.25, -0.2) is 0 Å². The van der Waals surface area contributed by atoms with Gasteiger partial charge in [0.15, 0.2) is 0 Å². The highest BCUT2D eigenvalue weighted by atomic mass is 16.1. The summed E-state index contributed by atoms with van der Waals surface area (Å²) in [5.41, 5.74) is 1.14. The number of carbonyl (C=O) groups is 1. The number of hydrogen-bond acceptors (Lipinski definition) is 1. The fraction of sp³-hybridized carbons (Fsp3) is 0.182. The SMILES string of the molecule is O=CC12C=c3ccccc3=C1C2. The van der Waals surface area contributed by atoms with Gasteiger partial charge in [0, 0.05) is 0 Å². The number of hydrogen-bond donors (Lipinski definition) is 0. The molecule has 0 aliphatic heterocycles. The van der Waals surface area contributed by atoms with Gasteiger partial charge in [0.1, 0.15) is 6.29 Å². The van der Waals surface area contributed by atoms with Crippen molar-refractivity contribution in [3.05, 3.63) is 34.7 Å². The molecule has 1 saturated carbocycles. The average molecular weight is 156 g/mol. The Hall–Kier alpha value is -1.37. The quantitative estimate of drug-likeness (QED) is 0.532. The van der Waals surface area contributed by atoms with Gasteiger partial charge >= 0.3 is 0 Å². The first kappa shape index (κ1) is 6.18. The Morgan fingerprint density at radius 2 is 2.17 bits per heavy atom. The Morgan fingerprint density at radius 1 is 1.33 bits per heavy atom. The van der Waals surface area contributed by atoms with Crippen molar-refractivity contribution in [2.45, 2.75) is 6.42 Å². The molecule has 0 heterocycles. The summed E-state index contributed by atoms with van der Waals surface area (Å²) in [6.07, 6.45) is 4.11. The van der Waals surface area contributed by atoms with Gasteiger partial charge in [0.2, 0.25) is 0 Å². The van der Waals surface area contributed by atoms with E-state index in [4.69, 9.17) is 0 Å². The zero-order valence-electron chi connectivity index (χ0n) is 6.58. The van der Waals surface area contributed by atoms with Gasteiger partial charge in [-0.2, -0.15) is 0 Å². The van der Waals surface area contributed by atoms with Crippen LogP contribution in [0.1, 0.15) is 6.42 Å². The molecule has 1 atom stereocenters. The molecule has 12 heavy (non-hydrogen) atoms. The average Bonchev–Trinajstić information content (AvgIpc) is 2.75. The van der Waals surface area contributed by atoms with Gasteiger partial charge in [-0.15, -0.1) is 0 Å². The standard InChI is InChI=1S/C11H8O/c12-7-11-5-8-3-1-2-4-9(8)10(11)6-11/h1-5,7H,6H2. The first-order valence-corrected chi connectivity index (χ1v) is 4.14. The van der Waals surface area contributed by atoms with Crippen LogP contribution in [0.2, 0.25) is 0 Å². The van der Waals surface area contributed by atoms with E-state index in [0.717, 1.165) is 12.7 Å². The molecule has 2 aliphatic carbocycles. The summed E-state index contributed by atoms with van der Waals surface area (Å²) in [6, 6.07) is 8.21. The van der Waals surface area contributed by atoms with Crippen molar-refractivity contribution in [3.63, 3.8) is 0 Å². The van der Waals surface area contributed by atoms with Crippen molar-refractivity contribution < 1.29 is 4.79 Å². The van der Waals surface area contributed by atoms with E-state index < -0.39 is 0 Å². The van der Waals surface area contributed by atoms with Crippen LogP contribution in [-0.2, 0) is 4.79 Å². The monoisotopic (exact) mass is 156 g/mol. The van der Waals surface area contributed by atoms with Crippen LogP contribution in [-0.4, -0.2) is 6.29 Å². The topological polar surface area (TPSA) is 17.1 Å². The number of benzene rings is 1. The number of rotatable bonds is 1. The zero-order valence-corrected chi connectivity index (χ0v) is 6.58. The van der Waals surface area contributed by atoms with Gasteiger partial charge < -0.3 is 4.79 Å². The Balaban J connectivity index is 2.47. The van der Waals surface area contributed by atoms with Crippen LogP contribution >= 0.6 is 0 Å². The van der Waals surface area contributed by atoms with Crippen molar-refractivity contribution in [2.75, 3.05) is 0 Å². The number of carbonyl (C=O) groups excluding carboxylic acids is 1. The van der Waals surface area contributed by atoms with Crippen molar-refractivity contribution in [1.82, 2.24) is 0 Å². The molecule has 3 rings (SSSR count). The van der Waals surface area contributed by atoms with E-state index in [-0.39, 0.29) is 5.41 Å². The molecule has 0 saturated heterocycles. The van der Waals surface area contributed by atoms with Crippen LogP contribution in [0.5, 0.6) is 0 Å².